The van der Waals surface area contributed by atoms with Gasteiger partial charge in [0.2, 0.25) is 24.6 Å². The number of ether oxygens (including phenoxy) is 11. The van der Waals surface area contributed by atoms with E-state index in [0.29, 0.717) is 0 Å². The van der Waals surface area contributed by atoms with Crippen LogP contribution < -0.4 is 14.2 Å². The van der Waals surface area contributed by atoms with Gasteiger partial charge in [-0.3, -0.25) is 9.59 Å². The summed E-state index contributed by atoms with van der Waals surface area (Å²) in [6, 6.07) is 14.5. The fourth-order valence-electron chi connectivity index (χ4n) is 9.68. The first-order valence-corrected chi connectivity index (χ1v) is 27.1. The molecule has 4 saturated heterocycles. The lowest BCUT2D eigenvalue weighted by Crippen LogP contribution is -2.65. The number of carbonyl (C=O) groups excluding carboxylic acids is 3. The Morgan fingerprint density at radius 1 is 0.467 bits per heavy atom. The number of aliphatic carboxylic acids is 1. The zero-order valence-electron chi connectivity index (χ0n) is 46.2. The van der Waals surface area contributed by atoms with Gasteiger partial charge in [0.1, 0.15) is 146 Å². The van der Waals surface area contributed by atoms with Crippen LogP contribution in [-0.2, 0) is 47.5 Å². The maximum absolute atomic E-state index is 13.5. The molecule has 0 saturated carbocycles. The Morgan fingerprint density at radius 2 is 0.933 bits per heavy atom. The van der Waals surface area contributed by atoms with Crippen molar-refractivity contribution in [2.75, 3.05) is 26.4 Å². The number of esters is 3. The van der Waals surface area contributed by atoms with Crippen LogP contribution in [0.4, 0.5) is 0 Å². The number of carboxylic acid groups (broad SMARTS) is 1. The molecule has 18 N–H and O–H groups in total. The van der Waals surface area contributed by atoms with Gasteiger partial charge in [0.05, 0.1) is 29.4 Å². The van der Waals surface area contributed by atoms with Crippen molar-refractivity contribution in [3.05, 3.63) is 90.0 Å². The third-order valence-corrected chi connectivity index (χ3v) is 14.7. The van der Waals surface area contributed by atoms with Crippen LogP contribution in [0.3, 0.4) is 0 Å². The van der Waals surface area contributed by atoms with Gasteiger partial charge in [0, 0.05) is 24.3 Å². The van der Waals surface area contributed by atoms with Gasteiger partial charge in [-0.1, -0.05) is 0 Å². The predicted octanol–water partition coefficient (Wildman–Crippen LogP) is -3.98. The molecule has 0 unspecified atom stereocenters. The molecule has 4 aliphatic rings. The smallest absolute Gasteiger partial charge is 0.402 e. The highest BCUT2D eigenvalue weighted by atomic mass is 16.8. The highest BCUT2D eigenvalue weighted by Crippen LogP contribution is 2.46. The molecule has 0 bridgehead atoms. The highest BCUT2D eigenvalue weighted by molar-refractivity contribution is 5.91. The second-order valence-corrected chi connectivity index (χ2v) is 20.9. The van der Waals surface area contributed by atoms with Crippen molar-refractivity contribution < 1.29 is 168 Å². The Bertz CT molecular complexity index is 3320. The molecule has 4 aromatic carbocycles. The number of aliphatic hydroxyl groups is 12. The molecule has 4 aliphatic heterocycles. The lowest BCUT2D eigenvalue weighted by molar-refractivity contribution is -0.357. The lowest BCUT2D eigenvalue weighted by atomic mass is 9.97. The number of hydrogen-bond acceptors (Lipinski definition) is 32. The standard InChI is InChI=1S/C56H60O34/c57-15-31-38(66)42(70)48(76)55(86-31)90-50-45(73)41(69)34(18-81-52(78)20-3-7-23(8-4-20)82-53-46(74)43(71)40(68)33(87-53)17-80-51(77)19-1-5-22(58)6-2-19)89-56(50)83-24-11-26(59)25-13-30(49(84-29(25)12-24)21-9-27(60)37(65)28(61)10-21)85-54-47(75)44(72)39(67)32(88-54)16-79-36(64)14-35(62)63/h1-13,31-34,38-48,50,53-57,66-76H,14-18H2,(H5-,58,59,60,61,62,63,65,77)/p+1/t31-,32-,33-,34-,38-,39-,40-,41-,42+,43+,44+,45+,46-,47-,48-,50-,53-,54-,55+,56-/m1/s1. The maximum Gasteiger partial charge on any atom is 0.402 e. The molecule has 90 heavy (non-hydrogen) atoms. The van der Waals surface area contributed by atoms with Crippen molar-refractivity contribution in [2.45, 2.75) is 129 Å². The molecule has 1 aromatic heterocycles. The first kappa shape index (κ1) is 66.3. The number of aliphatic hydroxyl groups excluding tert-OH is 12. The van der Waals surface area contributed by atoms with E-state index in [1.807, 2.05) is 0 Å². The summed E-state index contributed by atoms with van der Waals surface area (Å²) < 4.78 is 67.8. The summed E-state index contributed by atoms with van der Waals surface area (Å²) in [4.78, 5) is 49.0. The van der Waals surface area contributed by atoms with Crippen molar-refractivity contribution in [2.24, 2.45) is 0 Å². The Balaban J connectivity index is 0.947. The van der Waals surface area contributed by atoms with Crippen molar-refractivity contribution in [3.8, 4) is 57.3 Å². The Labute approximate surface area is 504 Å². The zero-order chi connectivity index (χ0) is 65.2. The first-order valence-electron chi connectivity index (χ1n) is 27.1. The van der Waals surface area contributed by atoms with E-state index < -0.39 is 220 Å². The summed E-state index contributed by atoms with van der Waals surface area (Å²) >= 11 is 0. The molecule has 9 rings (SSSR count). The first-order chi connectivity index (χ1) is 42.7. The van der Waals surface area contributed by atoms with Crippen LogP contribution in [0.25, 0.3) is 22.3 Å². The molecule has 20 atom stereocenters. The molecule has 0 spiro atoms. The molecule has 488 valence electrons. The number of hydrogen-bond donors (Lipinski definition) is 18. The van der Waals surface area contributed by atoms with Gasteiger partial charge in [-0.05, 0) is 48.5 Å². The van der Waals surface area contributed by atoms with Gasteiger partial charge in [-0.25, -0.2) is 14.0 Å². The van der Waals surface area contributed by atoms with E-state index >= 15 is 0 Å². The van der Waals surface area contributed by atoms with Crippen LogP contribution in [0.1, 0.15) is 27.1 Å². The van der Waals surface area contributed by atoms with Crippen molar-refractivity contribution >= 4 is 34.8 Å². The fraction of sp³-hybridized carbons (Fsp3) is 0.446. The summed E-state index contributed by atoms with van der Waals surface area (Å²) in [6.07, 6.45) is -39.1. The number of benzene rings is 4. The summed E-state index contributed by atoms with van der Waals surface area (Å²) in [5, 5.41) is 190. The molecule has 4 fully saturated rings. The number of aromatic hydroxyl groups is 5. The molecule has 34 heteroatoms. The molecular weight excluding hydrogens is 1220 g/mol. The number of carboxylic acids is 1. The quantitative estimate of drug-likeness (QED) is 0.0116. The minimum atomic E-state index is -2.17. The van der Waals surface area contributed by atoms with Crippen LogP contribution in [0.2, 0.25) is 0 Å². The summed E-state index contributed by atoms with van der Waals surface area (Å²) in [6.45, 7) is -3.29. The second kappa shape index (κ2) is 28.0. The van der Waals surface area contributed by atoms with Gasteiger partial charge < -0.3 is 144 Å². The molecule has 0 amide bonds. The zero-order valence-corrected chi connectivity index (χ0v) is 46.2. The lowest BCUT2D eigenvalue weighted by Gasteiger charge is -2.45. The Kier molecular flexibility index (Phi) is 20.6. The third-order valence-electron chi connectivity index (χ3n) is 14.7. The highest BCUT2D eigenvalue weighted by Gasteiger charge is 2.53. The molecule has 0 aliphatic carbocycles. The molecule has 5 heterocycles. The topological polar surface area (TPSA) is 545 Å². The predicted molar refractivity (Wildman–Crippen MR) is 286 cm³/mol. The number of fused-ring (bicyclic) bond motifs is 1. The van der Waals surface area contributed by atoms with Crippen LogP contribution in [-0.4, -0.2) is 265 Å². The molecular formula is C56H61O34+. The molecule has 5 aromatic rings. The van der Waals surface area contributed by atoms with Gasteiger partial charge in [0.15, 0.2) is 29.6 Å². The van der Waals surface area contributed by atoms with Crippen molar-refractivity contribution in [3.63, 3.8) is 0 Å². The average molecular weight is 1280 g/mol. The molecule has 34 nitrogen and oxygen atoms in total. The van der Waals surface area contributed by atoms with Crippen molar-refractivity contribution in [1.29, 1.82) is 0 Å². The van der Waals surface area contributed by atoms with Gasteiger partial charge in [0.25, 0.3) is 0 Å². The monoisotopic (exact) mass is 1280 g/mol. The van der Waals surface area contributed by atoms with Gasteiger partial charge >= 0.3 is 35.2 Å². The van der Waals surface area contributed by atoms with E-state index in [1.54, 1.807) is 0 Å². The van der Waals surface area contributed by atoms with Crippen LogP contribution >= 0.6 is 0 Å². The Hall–Kier alpha value is -8.11. The summed E-state index contributed by atoms with van der Waals surface area (Å²) in [7, 11) is 0. The summed E-state index contributed by atoms with van der Waals surface area (Å²) in [5.74, 6) is -10.1. The van der Waals surface area contributed by atoms with E-state index in [-0.39, 0.29) is 39.2 Å². The normalized spacial score (nSPS) is 31.9. The van der Waals surface area contributed by atoms with Crippen molar-refractivity contribution in [1.82, 2.24) is 0 Å². The van der Waals surface area contributed by atoms with E-state index in [4.69, 9.17) is 61.6 Å². The SMILES string of the molecule is O=C(O)CC(=O)OC[C@H]1O[C@@H](Oc2cc3c(O)cc(O[C@@H]4O[C@H](COC(=O)c5ccc(O[C@@H]6O[C@H](COC(=O)c7ccc(O)cc7)[C@@H](O)[C@H](O)[C@H]6O)cc5)[C@@H](O)[C@H](O)[C@H]4O[C@@H]4O[C@H](CO)[C@@H](O)[C@H](O)[C@H]4O)cc3[o+]c2-c2cc(O)c(O)c(O)c2)[C@H](O)[C@@H](O)[C@@H]1O. The largest absolute Gasteiger partial charge is 0.508 e. The van der Waals surface area contributed by atoms with Crippen LogP contribution in [0.15, 0.2) is 83.3 Å². The fourth-order valence-corrected chi connectivity index (χ4v) is 9.68. The minimum absolute atomic E-state index is 0.0424. The van der Waals surface area contributed by atoms with Crippen LogP contribution in [0.5, 0.6) is 46.0 Å². The number of phenols is 5. The molecule has 0 radical (unpaired) electrons. The number of rotatable bonds is 20. The van der Waals surface area contributed by atoms with Crippen LogP contribution in [0, 0.1) is 0 Å². The second-order valence-electron chi connectivity index (χ2n) is 20.9. The Morgan fingerprint density at radius 3 is 1.48 bits per heavy atom. The van der Waals surface area contributed by atoms with E-state index in [1.165, 1.54) is 48.5 Å². The maximum atomic E-state index is 13.5. The minimum Gasteiger partial charge on any atom is -0.508 e. The third kappa shape index (κ3) is 14.5. The number of carbonyl (C=O) groups is 4. The van der Waals surface area contributed by atoms with Gasteiger partial charge in [-0.15, -0.1) is 0 Å². The van der Waals surface area contributed by atoms with E-state index in [2.05, 4.69) is 0 Å². The number of phenolic OH excluding ortho intramolecular Hbond substituents is 5. The summed E-state index contributed by atoms with van der Waals surface area (Å²) in [5.41, 5.74) is -0.831. The van der Waals surface area contributed by atoms with E-state index in [9.17, 15) is 106 Å². The van der Waals surface area contributed by atoms with Gasteiger partial charge in [-0.2, -0.15) is 0 Å². The van der Waals surface area contributed by atoms with E-state index in [0.717, 1.165) is 30.3 Å². The average Bonchev–Trinajstić information content (AvgIpc) is 0.802.